The van der Waals surface area contributed by atoms with Gasteiger partial charge in [0.25, 0.3) is 0 Å². The summed E-state index contributed by atoms with van der Waals surface area (Å²) in [6, 6.07) is 9.89. The summed E-state index contributed by atoms with van der Waals surface area (Å²) >= 11 is 0. The molecule has 1 saturated carbocycles. The maximum atomic E-state index is 12.3. The number of benzene rings is 1. The predicted molar refractivity (Wildman–Crippen MR) is 109 cm³/mol. The van der Waals surface area contributed by atoms with Gasteiger partial charge in [-0.1, -0.05) is 49.6 Å². The van der Waals surface area contributed by atoms with Crippen LogP contribution in [0.15, 0.2) is 35.4 Å². The van der Waals surface area contributed by atoms with Gasteiger partial charge in [-0.3, -0.25) is 9.59 Å². The quantitative estimate of drug-likeness (QED) is 0.663. The third-order valence-corrected chi connectivity index (χ3v) is 5.31. The molecule has 1 fully saturated rings. The van der Waals surface area contributed by atoms with Crippen LogP contribution in [0.2, 0.25) is 0 Å². The van der Waals surface area contributed by atoms with Crippen LogP contribution < -0.4 is 5.32 Å². The zero-order chi connectivity index (χ0) is 19.6. The van der Waals surface area contributed by atoms with E-state index in [0.29, 0.717) is 25.8 Å². The van der Waals surface area contributed by atoms with Crippen LogP contribution >= 0.6 is 0 Å². The number of nitrogens with one attached hydrogen (secondary N) is 1. The van der Waals surface area contributed by atoms with E-state index in [1.165, 1.54) is 37.1 Å². The minimum Gasteiger partial charge on any atom is -0.378 e. The fraction of sp³-hybridized carbons (Fsp3) is 0.591. The van der Waals surface area contributed by atoms with Gasteiger partial charge >= 0.3 is 0 Å². The Hall–Kier alpha value is -2.21. The van der Waals surface area contributed by atoms with Crippen LogP contribution in [0.25, 0.3) is 0 Å². The molecule has 152 valence electrons. The lowest BCUT2D eigenvalue weighted by Gasteiger charge is -2.21. The maximum Gasteiger partial charge on any atom is 0.243 e. The molecule has 1 aliphatic carbocycles. The van der Waals surface area contributed by atoms with Crippen molar-refractivity contribution in [1.82, 2.24) is 10.3 Å². The standard InChI is InChI=1S/C22H31N3O3/c26-21(23-15-7-17-28-19-10-5-2-6-11-19)12-13-22(27)25-16-14-20(24-25)18-8-3-1-4-9-18/h1,3-4,8-9,19H,2,5-7,10-17H2,(H,23,26). The summed E-state index contributed by atoms with van der Waals surface area (Å²) in [5.74, 6) is -0.181. The molecule has 1 aliphatic heterocycles. The van der Waals surface area contributed by atoms with E-state index in [1.54, 1.807) is 0 Å². The van der Waals surface area contributed by atoms with Crippen LogP contribution in [0.1, 0.15) is 63.4 Å². The molecular formula is C22H31N3O3. The normalized spacial score (nSPS) is 17.4. The summed E-state index contributed by atoms with van der Waals surface area (Å²) in [5.41, 5.74) is 1.97. The lowest BCUT2D eigenvalue weighted by molar-refractivity contribution is -0.133. The Labute approximate surface area is 167 Å². The number of nitrogens with zero attached hydrogens (tertiary/aromatic N) is 2. The molecule has 1 aromatic carbocycles. The van der Waals surface area contributed by atoms with Gasteiger partial charge in [0.05, 0.1) is 18.4 Å². The van der Waals surface area contributed by atoms with Gasteiger partial charge < -0.3 is 10.1 Å². The average molecular weight is 386 g/mol. The van der Waals surface area contributed by atoms with E-state index in [1.807, 2.05) is 30.3 Å². The van der Waals surface area contributed by atoms with Crippen LogP contribution in [-0.4, -0.2) is 48.3 Å². The first-order chi connectivity index (χ1) is 13.7. The lowest BCUT2D eigenvalue weighted by atomic mass is 9.98. The van der Waals surface area contributed by atoms with Crippen LogP contribution in [-0.2, 0) is 14.3 Å². The zero-order valence-corrected chi connectivity index (χ0v) is 16.6. The molecule has 2 aliphatic rings. The first-order valence-corrected chi connectivity index (χ1v) is 10.5. The average Bonchev–Trinajstić information content (AvgIpc) is 3.23. The Morgan fingerprint density at radius 1 is 1.11 bits per heavy atom. The van der Waals surface area contributed by atoms with Gasteiger partial charge in [-0.15, -0.1) is 0 Å². The minimum absolute atomic E-state index is 0.0857. The molecule has 0 saturated heterocycles. The molecular weight excluding hydrogens is 354 g/mol. The van der Waals surface area contributed by atoms with Crippen LogP contribution in [0.3, 0.4) is 0 Å². The highest BCUT2D eigenvalue weighted by atomic mass is 16.5. The van der Waals surface area contributed by atoms with E-state index in [-0.39, 0.29) is 24.7 Å². The number of ether oxygens (including phenoxy) is 1. The maximum absolute atomic E-state index is 12.3. The number of carbonyl (C=O) groups excluding carboxylic acids is 2. The second-order valence-corrected chi connectivity index (χ2v) is 7.51. The zero-order valence-electron chi connectivity index (χ0n) is 16.6. The molecule has 0 atom stereocenters. The van der Waals surface area contributed by atoms with Crippen molar-refractivity contribution in [3.8, 4) is 0 Å². The van der Waals surface area contributed by atoms with E-state index in [9.17, 15) is 9.59 Å². The summed E-state index contributed by atoms with van der Waals surface area (Å²) in [4.78, 5) is 24.3. The van der Waals surface area contributed by atoms with Crippen molar-refractivity contribution in [1.29, 1.82) is 0 Å². The fourth-order valence-corrected chi connectivity index (χ4v) is 3.69. The fourth-order valence-electron chi connectivity index (χ4n) is 3.69. The molecule has 0 radical (unpaired) electrons. The Balaban J connectivity index is 1.28. The number of rotatable bonds is 9. The molecule has 0 unspecified atom stereocenters. The monoisotopic (exact) mass is 385 g/mol. The highest BCUT2D eigenvalue weighted by Gasteiger charge is 2.21. The highest BCUT2D eigenvalue weighted by molar-refractivity contribution is 6.02. The van der Waals surface area contributed by atoms with E-state index >= 15 is 0 Å². The smallest absolute Gasteiger partial charge is 0.243 e. The minimum atomic E-state index is -0.0956. The van der Waals surface area contributed by atoms with Crippen LogP contribution in [0.4, 0.5) is 0 Å². The molecule has 0 spiro atoms. The van der Waals surface area contributed by atoms with Crippen molar-refractivity contribution < 1.29 is 14.3 Å². The molecule has 1 N–H and O–H groups in total. The Bertz CT molecular complexity index is 669. The number of amides is 2. The van der Waals surface area contributed by atoms with E-state index in [0.717, 1.165) is 24.1 Å². The second-order valence-electron chi connectivity index (χ2n) is 7.51. The number of carbonyl (C=O) groups is 2. The summed E-state index contributed by atoms with van der Waals surface area (Å²) in [6.45, 7) is 1.87. The van der Waals surface area contributed by atoms with Crippen molar-refractivity contribution in [2.75, 3.05) is 19.7 Å². The summed E-state index contributed by atoms with van der Waals surface area (Å²) in [6.07, 6.45) is 8.56. The van der Waals surface area contributed by atoms with Gasteiger partial charge in [0.15, 0.2) is 0 Å². The Morgan fingerprint density at radius 2 is 1.89 bits per heavy atom. The summed E-state index contributed by atoms with van der Waals surface area (Å²) < 4.78 is 5.85. The molecule has 6 nitrogen and oxygen atoms in total. The molecule has 2 amide bonds. The van der Waals surface area contributed by atoms with Gasteiger partial charge in [-0.2, -0.15) is 5.10 Å². The first-order valence-electron chi connectivity index (χ1n) is 10.5. The molecule has 1 aromatic rings. The van der Waals surface area contributed by atoms with Gasteiger partial charge in [-0.05, 0) is 24.8 Å². The summed E-state index contributed by atoms with van der Waals surface area (Å²) in [7, 11) is 0. The number of hydrogen-bond donors (Lipinski definition) is 1. The topological polar surface area (TPSA) is 71.0 Å². The lowest BCUT2D eigenvalue weighted by Crippen LogP contribution is -2.29. The molecule has 0 aromatic heterocycles. The van der Waals surface area contributed by atoms with Crippen molar-refractivity contribution in [2.45, 2.75) is 63.9 Å². The van der Waals surface area contributed by atoms with Crippen molar-refractivity contribution in [3.63, 3.8) is 0 Å². The van der Waals surface area contributed by atoms with Gasteiger partial charge in [0.2, 0.25) is 11.8 Å². The van der Waals surface area contributed by atoms with Crippen molar-refractivity contribution >= 4 is 17.5 Å². The van der Waals surface area contributed by atoms with E-state index in [4.69, 9.17) is 4.74 Å². The Kier molecular flexibility index (Phi) is 8.03. The summed E-state index contributed by atoms with van der Waals surface area (Å²) in [5, 5.41) is 8.79. The van der Waals surface area contributed by atoms with E-state index < -0.39 is 0 Å². The molecule has 28 heavy (non-hydrogen) atoms. The van der Waals surface area contributed by atoms with Gasteiger partial charge in [0.1, 0.15) is 0 Å². The number of hydrogen-bond acceptors (Lipinski definition) is 4. The van der Waals surface area contributed by atoms with Crippen molar-refractivity contribution in [2.24, 2.45) is 5.10 Å². The third-order valence-electron chi connectivity index (χ3n) is 5.31. The SMILES string of the molecule is O=C(CCC(=O)N1CCC(c2ccccc2)=N1)NCCCOC1CCCCC1. The molecule has 6 heteroatoms. The van der Waals surface area contributed by atoms with E-state index in [2.05, 4.69) is 10.4 Å². The predicted octanol–water partition coefficient (Wildman–Crippen LogP) is 3.26. The first kappa shape index (κ1) is 20.5. The molecule has 0 bridgehead atoms. The highest BCUT2D eigenvalue weighted by Crippen LogP contribution is 2.20. The Morgan fingerprint density at radius 3 is 2.68 bits per heavy atom. The van der Waals surface area contributed by atoms with Crippen LogP contribution in [0.5, 0.6) is 0 Å². The van der Waals surface area contributed by atoms with Gasteiger partial charge in [-0.25, -0.2) is 5.01 Å². The van der Waals surface area contributed by atoms with Gasteiger partial charge in [0, 0.05) is 32.4 Å². The van der Waals surface area contributed by atoms with Crippen LogP contribution in [0, 0.1) is 0 Å². The molecule has 1 heterocycles. The molecule has 3 rings (SSSR count). The number of hydrazone groups is 1. The third kappa shape index (κ3) is 6.44. The second kappa shape index (κ2) is 11.0. The van der Waals surface area contributed by atoms with Crippen molar-refractivity contribution in [3.05, 3.63) is 35.9 Å². The largest absolute Gasteiger partial charge is 0.378 e.